The number of esters is 1. The van der Waals surface area contributed by atoms with Crippen LogP contribution in [0.2, 0.25) is 0 Å². The van der Waals surface area contributed by atoms with E-state index in [4.69, 9.17) is 0 Å². The summed E-state index contributed by atoms with van der Waals surface area (Å²) in [5, 5.41) is 0. The van der Waals surface area contributed by atoms with Crippen LogP contribution < -0.4 is 51.4 Å². The minimum atomic E-state index is -4.54. The van der Waals surface area contributed by atoms with Crippen LogP contribution in [0.25, 0.3) is 0 Å². The molecule has 0 saturated heterocycles. The standard InChI is InChI=1S/C12H24O5S.K/c1-3-4-5-6-7-8-9-10-12(13)17-11(2)18(14,15)16;/h11H,3-10H2,1-2H3,(H,14,15,16);/q;+1/p-1. The maximum Gasteiger partial charge on any atom is 1.00 e. The first kappa shape index (κ1) is 22.3. The fourth-order valence-corrected chi connectivity index (χ4v) is 1.75. The molecule has 0 spiro atoms. The van der Waals surface area contributed by atoms with E-state index in [0.29, 0.717) is 6.42 Å². The Morgan fingerprint density at radius 2 is 1.58 bits per heavy atom. The Bertz CT molecular complexity index is 329. The predicted molar refractivity (Wildman–Crippen MR) is 67.9 cm³/mol. The van der Waals surface area contributed by atoms with Crippen LogP contribution in [-0.2, 0) is 19.6 Å². The van der Waals surface area contributed by atoms with Gasteiger partial charge in [0.05, 0.1) is 0 Å². The molecule has 0 aromatic carbocycles. The molecule has 0 amide bonds. The molecular weight excluding hydrogens is 295 g/mol. The molecule has 0 aliphatic carbocycles. The first-order valence-corrected chi connectivity index (χ1v) is 7.99. The van der Waals surface area contributed by atoms with E-state index in [1.54, 1.807) is 0 Å². The molecule has 0 aromatic heterocycles. The van der Waals surface area contributed by atoms with Crippen LogP contribution in [0.1, 0.15) is 65.2 Å². The average Bonchev–Trinajstić information content (AvgIpc) is 2.26. The van der Waals surface area contributed by atoms with Crippen molar-refractivity contribution in [1.82, 2.24) is 0 Å². The van der Waals surface area contributed by atoms with E-state index in [0.717, 1.165) is 26.2 Å². The number of hydrogen-bond donors (Lipinski definition) is 0. The molecule has 0 rings (SSSR count). The number of carbonyl (C=O) groups excluding carboxylic acids is 1. The molecule has 0 radical (unpaired) electrons. The third kappa shape index (κ3) is 13.7. The molecule has 0 aliphatic heterocycles. The van der Waals surface area contributed by atoms with Crippen molar-refractivity contribution in [1.29, 1.82) is 0 Å². The topological polar surface area (TPSA) is 83.5 Å². The summed E-state index contributed by atoms with van der Waals surface area (Å²) < 4.78 is 36.1. The van der Waals surface area contributed by atoms with Gasteiger partial charge >= 0.3 is 57.4 Å². The van der Waals surface area contributed by atoms with Gasteiger partial charge in [0.25, 0.3) is 0 Å². The first-order chi connectivity index (χ1) is 8.38. The van der Waals surface area contributed by atoms with Crippen molar-refractivity contribution in [3.63, 3.8) is 0 Å². The summed E-state index contributed by atoms with van der Waals surface area (Å²) >= 11 is 0. The van der Waals surface area contributed by atoms with Gasteiger partial charge in [0.15, 0.2) is 5.44 Å². The monoisotopic (exact) mass is 318 g/mol. The van der Waals surface area contributed by atoms with Crippen molar-refractivity contribution >= 4 is 16.1 Å². The number of ether oxygens (including phenoxy) is 1. The Labute approximate surface area is 159 Å². The third-order valence-electron chi connectivity index (χ3n) is 2.69. The van der Waals surface area contributed by atoms with Crippen molar-refractivity contribution in [2.24, 2.45) is 0 Å². The van der Waals surface area contributed by atoms with Gasteiger partial charge in [-0.05, 0) is 13.3 Å². The van der Waals surface area contributed by atoms with Crippen LogP contribution in [0, 0.1) is 0 Å². The van der Waals surface area contributed by atoms with Gasteiger partial charge in [-0.25, -0.2) is 8.42 Å². The SMILES string of the molecule is CCCCCCCCCC(=O)OC(C)S(=O)(=O)[O-].[K+]. The van der Waals surface area contributed by atoms with E-state index < -0.39 is 21.5 Å². The zero-order valence-corrected chi connectivity index (χ0v) is 16.1. The normalized spacial score (nSPS) is 12.6. The van der Waals surface area contributed by atoms with Gasteiger partial charge in [0, 0.05) is 6.42 Å². The summed E-state index contributed by atoms with van der Waals surface area (Å²) in [4.78, 5) is 11.2. The van der Waals surface area contributed by atoms with Crippen LogP contribution in [0.3, 0.4) is 0 Å². The zero-order chi connectivity index (χ0) is 14.0. The van der Waals surface area contributed by atoms with Crippen LogP contribution in [-0.4, -0.2) is 24.4 Å². The molecule has 0 aromatic rings. The number of hydrogen-bond acceptors (Lipinski definition) is 5. The Morgan fingerprint density at radius 3 is 2.05 bits per heavy atom. The second-order valence-corrected chi connectivity index (χ2v) is 6.07. The number of carbonyl (C=O) groups is 1. The molecule has 1 atom stereocenters. The van der Waals surface area contributed by atoms with E-state index in [1.165, 1.54) is 19.3 Å². The Kier molecular flexibility index (Phi) is 14.9. The summed E-state index contributed by atoms with van der Waals surface area (Å²) in [5.74, 6) is -0.615. The van der Waals surface area contributed by atoms with Crippen molar-refractivity contribution in [3.8, 4) is 0 Å². The fraction of sp³-hybridized carbons (Fsp3) is 0.917. The van der Waals surface area contributed by atoms with Crippen molar-refractivity contribution in [2.45, 2.75) is 70.7 Å². The molecule has 0 aliphatic rings. The van der Waals surface area contributed by atoms with Gasteiger partial charge in [-0.2, -0.15) is 0 Å². The summed E-state index contributed by atoms with van der Waals surface area (Å²) in [6.45, 7) is 3.23. The first-order valence-electron chi connectivity index (χ1n) is 6.52. The van der Waals surface area contributed by atoms with Crippen LogP contribution in [0.5, 0.6) is 0 Å². The van der Waals surface area contributed by atoms with Crippen LogP contribution >= 0.6 is 0 Å². The summed E-state index contributed by atoms with van der Waals surface area (Å²) in [5.41, 5.74) is -1.59. The zero-order valence-electron chi connectivity index (χ0n) is 12.2. The minimum absolute atomic E-state index is 0. The number of rotatable bonds is 10. The number of unbranched alkanes of at least 4 members (excludes halogenated alkanes) is 6. The largest absolute Gasteiger partial charge is 1.00 e. The van der Waals surface area contributed by atoms with Crippen molar-refractivity contribution in [2.75, 3.05) is 0 Å². The Balaban J connectivity index is 0. The van der Waals surface area contributed by atoms with E-state index in [-0.39, 0.29) is 57.8 Å². The van der Waals surface area contributed by atoms with Crippen molar-refractivity contribution in [3.05, 3.63) is 0 Å². The van der Waals surface area contributed by atoms with Gasteiger partial charge in [0.2, 0.25) is 0 Å². The van der Waals surface area contributed by atoms with E-state index in [1.807, 2.05) is 0 Å². The fourth-order valence-electron chi connectivity index (χ4n) is 1.53. The van der Waals surface area contributed by atoms with Gasteiger partial charge in [-0.15, -0.1) is 0 Å². The van der Waals surface area contributed by atoms with Gasteiger partial charge in [-0.1, -0.05) is 45.4 Å². The second-order valence-electron chi connectivity index (χ2n) is 4.42. The van der Waals surface area contributed by atoms with Gasteiger partial charge in [0.1, 0.15) is 10.1 Å². The van der Waals surface area contributed by atoms with Gasteiger partial charge < -0.3 is 9.29 Å². The summed E-state index contributed by atoms with van der Waals surface area (Å²) in [6.07, 6.45) is 7.67. The molecule has 19 heavy (non-hydrogen) atoms. The smallest absolute Gasteiger partial charge is 0.745 e. The molecule has 0 saturated carbocycles. The second kappa shape index (κ2) is 12.7. The van der Waals surface area contributed by atoms with Crippen LogP contribution in [0.15, 0.2) is 0 Å². The summed E-state index contributed by atoms with van der Waals surface area (Å²) in [6, 6.07) is 0. The van der Waals surface area contributed by atoms with E-state index >= 15 is 0 Å². The molecule has 5 nitrogen and oxygen atoms in total. The Morgan fingerprint density at radius 1 is 1.11 bits per heavy atom. The van der Waals surface area contributed by atoms with Crippen LogP contribution in [0.4, 0.5) is 0 Å². The molecule has 108 valence electrons. The molecule has 0 heterocycles. The molecule has 7 heteroatoms. The minimum Gasteiger partial charge on any atom is -0.745 e. The summed E-state index contributed by atoms with van der Waals surface area (Å²) in [7, 11) is -4.54. The quantitative estimate of drug-likeness (QED) is 0.236. The maximum absolute atomic E-state index is 11.2. The predicted octanol–water partition coefficient (Wildman–Crippen LogP) is -0.434. The molecule has 1 unspecified atom stereocenters. The Hall–Kier alpha value is 1.02. The molecular formula is C12H23KO5S. The van der Waals surface area contributed by atoms with Crippen molar-refractivity contribution < 1.29 is 73.9 Å². The molecule has 0 N–H and O–H groups in total. The maximum atomic E-state index is 11.2. The molecule has 0 bridgehead atoms. The third-order valence-corrected chi connectivity index (χ3v) is 3.60. The van der Waals surface area contributed by atoms with Gasteiger partial charge in [-0.3, -0.25) is 4.79 Å². The molecule has 0 fully saturated rings. The average molecular weight is 318 g/mol. The van der Waals surface area contributed by atoms with E-state index in [2.05, 4.69) is 11.7 Å². The van der Waals surface area contributed by atoms with E-state index in [9.17, 15) is 17.8 Å².